The van der Waals surface area contributed by atoms with Crippen LogP contribution in [0.25, 0.3) is 0 Å². The van der Waals surface area contributed by atoms with Gasteiger partial charge in [0.25, 0.3) is 10.2 Å². The number of nitrogens with one attached hydrogen (secondary N) is 1. The molecule has 150 valence electrons. The van der Waals surface area contributed by atoms with Crippen LogP contribution in [0.5, 0.6) is 0 Å². The highest BCUT2D eigenvalue weighted by molar-refractivity contribution is 7.86. The van der Waals surface area contributed by atoms with E-state index in [0.29, 0.717) is 39.4 Å². The van der Waals surface area contributed by atoms with E-state index in [1.165, 1.54) is 10.7 Å². The molecule has 0 atom stereocenters. The van der Waals surface area contributed by atoms with E-state index in [1.54, 1.807) is 16.3 Å². The van der Waals surface area contributed by atoms with E-state index in [1.807, 2.05) is 0 Å². The van der Waals surface area contributed by atoms with Crippen LogP contribution in [0.15, 0.2) is 0 Å². The molecule has 3 fully saturated rings. The van der Waals surface area contributed by atoms with Crippen LogP contribution in [0.3, 0.4) is 0 Å². The molecule has 0 radical (unpaired) electrons. The van der Waals surface area contributed by atoms with Gasteiger partial charge in [-0.2, -0.15) is 17.0 Å². The van der Waals surface area contributed by atoms with Crippen LogP contribution in [0.1, 0.15) is 44.9 Å². The molecule has 8 nitrogen and oxygen atoms in total. The molecule has 1 aliphatic carbocycles. The van der Waals surface area contributed by atoms with Crippen LogP contribution >= 0.6 is 0 Å². The van der Waals surface area contributed by atoms with Gasteiger partial charge in [0.05, 0.1) is 0 Å². The van der Waals surface area contributed by atoms with Gasteiger partial charge in [0.1, 0.15) is 0 Å². The van der Waals surface area contributed by atoms with Crippen molar-refractivity contribution in [2.75, 3.05) is 46.4 Å². The van der Waals surface area contributed by atoms with E-state index >= 15 is 0 Å². The SMILES string of the molecule is CN(C1CCCCC1)S(=O)(=O)N1CCN(C(=O)NC2CCOCC2)CC1. The zero-order valence-electron chi connectivity index (χ0n) is 15.7. The number of piperazine rings is 1. The molecule has 2 saturated heterocycles. The van der Waals surface area contributed by atoms with E-state index in [4.69, 9.17) is 4.74 Å². The summed E-state index contributed by atoms with van der Waals surface area (Å²) in [5.41, 5.74) is 0. The Morgan fingerprint density at radius 2 is 1.62 bits per heavy atom. The average Bonchev–Trinajstić information content (AvgIpc) is 2.69. The van der Waals surface area contributed by atoms with Gasteiger partial charge in [0.2, 0.25) is 0 Å². The summed E-state index contributed by atoms with van der Waals surface area (Å²) < 4.78 is 34.2. The molecule has 0 spiro atoms. The van der Waals surface area contributed by atoms with E-state index in [-0.39, 0.29) is 18.1 Å². The molecule has 26 heavy (non-hydrogen) atoms. The van der Waals surface area contributed by atoms with E-state index < -0.39 is 10.2 Å². The number of rotatable bonds is 4. The van der Waals surface area contributed by atoms with Gasteiger partial charge in [0, 0.05) is 58.5 Å². The van der Waals surface area contributed by atoms with Crippen molar-refractivity contribution in [1.29, 1.82) is 0 Å². The first-order chi connectivity index (χ1) is 12.5. The molecule has 9 heteroatoms. The van der Waals surface area contributed by atoms with Crippen LogP contribution < -0.4 is 5.32 Å². The normalized spacial score (nSPS) is 24.8. The molecule has 2 aliphatic heterocycles. The quantitative estimate of drug-likeness (QED) is 0.779. The summed E-state index contributed by atoms with van der Waals surface area (Å²) in [6.45, 7) is 2.97. The molecule has 2 amide bonds. The number of amides is 2. The molecule has 1 saturated carbocycles. The third-order valence-corrected chi connectivity index (χ3v) is 7.90. The minimum Gasteiger partial charge on any atom is -0.381 e. The maximum absolute atomic E-state index is 12.9. The van der Waals surface area contributed by atoms with Gasteiger partial charge in [-0.25, -0.2) is 4.79 Å². The fraction of sp³-hybridized carbons (Fsp3) is 0.941. The molecule has 3 rings (SSSR count). The Balaban J connectivity index is 1.49. The lowest BCUT2D eigenvalue weighted by molar-refractivity contribution is 0.0771. The summed E-state index contributed by atoms with van der Waals surface area (Å²) in [4.78, 5) is 14.1. The largest absolute Gasteiger partial charge is 0.381 e. The van der Waals surface area contributed by atoms with Crippen LogP contribution in [0, 0.1) is 0 Å². The smallest absolute Gasteiger partial charge is 0.317 e. The molecular formula is C17H32N4O4S. The monoisotopic (exact) mass is 388 g/mol. The number of carbonyl (C=O) groups excluding carboxylic acids is 1. The van der Waals surface area contributed by atoms with E-state index in [0.717, 1.165) is 38.5 Å². The third-order valence-electron chi connectivity index (χ3n) is 5.85. The number of carbonyl (C=O) groups is 1. The summed E-state index contributed by atoms with van der Waals surface area (Å²) in [6, 6.07) is 0.189. The standard InChI is InChI=1S/C17H32N4O4S/c1-19(16-5-3-2-4-6-16)26(23,24)21-11-9-20(10-12-21)17(22)18-15-7-13-25-14-8-15/h15-16H,2-14H2,1H3,(H,18,22). The van der Waals surface area contributed by atoms with Crippen molar-refractivity contribution in [1.82, 2.24) is 18.8 Å². The van der Waals surface area contributed by atoms with Gasteiger partial charge in [-0.15, -0.1) is 0 Å². The predicted molar refractivity (Wildman–Crippen MR) is 99.1 cm³/mol. The Morgan fingerprint density at radius 1 is 1.00 bits per heavy atom. The third kappa shape index (κ3) is 4.68. The van der Waals surface area contributed by atoms with Crippen molar-refractivity contribution in [2.45, 2.75) is 57.0 Å². The van der Waals surface area contributed by atoms with Crippen molar-refractivity contribution in [3.63, 3.8) is 0 Å². The van der Waals surface area contributed by atoms with Crippen LogP contribution in [-0.4, -0.2) is 86.5 Å². The lowest BCUT2D eigenvalue weighted by atomic mass is 9.96. The first kappa shape index (κ1) is 19.9. The summed E-state index contributed by atoms with van der Waals surface area (Å²) in [5.74, 6) is 0. The number of nitrogens with zero attached hydrogens (tertiary/aromatic N) is 3. The highest BCUT2D eigenvalue weighted by Gasteiger charge is 2.35. The Kier molecular flexibility index (Phi) is 6.76. The van der Waals surface area contributed by atoms with Crippen LogP contribution in [-0.2, 0) is 14.9 Å². The number of ether oxygens (including phenoxy) is 1. The number of hydrogen-bond donors (Lipinski definition) is 1. The highest BCUT2D eigenvalue weighted by atomic mass is 32.2. The Hall–Kier alpha value is -0.900. The molecular weight excluding hydrogens is 356 g/mol. The second-order valence-electron chi connectivity index (χ2n) is 7.54. The average molecular weight is 389 g/mol. The Labute approximate surface area is 157 Å². The summed E-state index contributed by atoms with van der Waals surface area (Å²) in [7, 11) is -1.74. The van der Waals surface area contributed by atoms with E-state index in [9.17, 15) is 13.2 Å². The maximum Gasteiger partial charge on any atom is 0.317 e. The molecule has 0 bridgehead atoms. The van der Waals surface area contributed by atoms with Crippen LogP contribution in [0.2, 0.25) is 0 Å². The van der Waals surface area contributed by atoms with Crippen LogP contribution in [0.4, 0.5) is 4.79 Å². The Morgan fingerprint density at radius 3 is 2.23 bits per heavy atom. The van der Waals surface area contributed by atoms with Gasteiger partial charge >= 0.3 is 6.03 Å². The maximum atomic E-state index is 12.9. The van der Waals surface area contributed by atoms with Crippen molar-refractivity contribution < 1.29 is 17.9 Å². The van der Waals surface area contributed by atoms with Crippen molar-refractivity contribution in [3.05, 3.63) is 0 Å². The lowest BCUT2D eigenvalue weighted by Crippen LogP contribution is -2.57. The molecule has 0 aromatic heterocycles. The summed E-state index contributed by atoms with van der Waals surface area (Å²) in [5, 5.41) is 3.05. The van der Waals surface area contributed by atoms with Gasteiger partial charge in [-0.05, 0) is 25.7 Å². The van der Waals surface area contributed by atoms with E-state index in [2.05, 4.69) is 5.32 Å². The van der Waals surface area contributed by atoms with Gasteiger partial charge in [0.15, 0.2) is 0 Å². The van der Waals surface area contributed by atoms with Gasteiger partial charge in [-0.1, -0.05) is 19.3 Å². The minimum absolute atomic E-state index is 0.0883. The van der Waals surface area contributed by atoms with Gasteiger partial charge < -0.3 is 15.0 Å². The number of hydrogen-bond acceptors (Lipinski definition) is 4. The summed E-state index contributed by atoms with van der Waals surface area (Å²) >= 11 is 0. The molecule has 0 aromatic carbocycles. The fourth-order valence-electron chi connectivity index (χ4n) is 4.04. The molecule has 1 N–H and O–H groups in total. The fourth-order valence-corrected chi connectivity index (χ4v) is 5.62. The topological polar surface area (TPSA) is 82.2 Å². The van der Waals surface area contributed by atoms with Crippen molar-refractivity contribution in [3.8, 4) is 0 Å². The Bertz CT molecular complexity index is 565. The first-order valence-electron chi connectivity index (χ1n) is 9.85. The molecule has 0 unspecified atom stereocenters. The number of urea groups is 1. The molecule has 3 aliphatic rings. The molecule has 0 aromatic rings. The zero-order chi connectivity index (χ0) is 18.6. The molecule has 2 heterocycles. The zero-order valence-corrected chi connectivity index (χ0v) is 16.5. The second kappa shape index (κ2) is 8.86. The lowest BCUT2D eigenvalue weighted by Gasteiger charge is -2.39. The summed E-state index contributed by atoms with van der Waals surface area (Å²) in [6.07, 6.45) is 6.98. The minimum atomic E-state index is -3.45. The second-order valence-corrected chi connectivity index (χ2v) is 9.53. The van der Waals surface area contributed by atoms with Crippen molar-refractivity contribution >= 4 is 16.2 Å². The van der Waals surface area contributed by atoms with Crippen molar-refractivity contribution in [2.24, 2.45) is 0 Å². The van der Waals surface area contributed by atoms with Gasteiger partial charge in [-0.3, -0.25) is 0 Å². The predicted octanol–water partition coefficient (Wildman–Crippen LogP) is 1.00. The first-order valence-corrected chi connectivity index (χ1v) is 11.2. The highest BCUT2D eigenvalue weighted by Crippen LogP contribution is 2.25.